The van der Waals surface area contributed by atoms with Crippen LogP contribution >= 0.6 is 11.6 Å². The Morgan fingerprint density at radius 2 is 1.95 bits per heavy atom. The zero-order valence-electron chi connectivity index (χ0n) is 12.0. The maximum atomic E-state index is 13.3. The number of rotatable bonds is 6. The lowest BCUT2D eigenvalue weighted by Gasteiger charge is -2.17. The van der Waals surface area contributed by atoms with E-state index in [0.29, 0.717) is 5.95 Å². The van der Waals surface area contributed by atoms with Gasteiger partial charge in [-0.3, -0.25) is 4.98 Å². The number of aryl methyl sites for hydroxylation is 1. The molecule has 21 heavy (non-hydrogen) atoms. The van der Waals surface area contributed by atoms with Gasteiger partial charge in [0.2, 0.25) is 11.2 Å². The molecule has 0 radical (unpaired) electrons. The van der Waals surface area contributed by atoms with Gasteiger partial charge in [0, 0.05) is 26.0 Å². The van der Waals surface area contributed by atoms with E-state index in [4.69, 9.17) is 11.6 Å². The standard InChI is InChI=1S/C14H17ClFN5/c1-10(16)12-18-13(15)20-14(19-12)21(2)9-3-4-11-5-7-17-8-6-11/h5-8,10H,3-4,9H2,1-2H3. The van der Waals surface area contributed by atoms with Gasteiger partial charge in [0.1, 0.15) is 0 Å². The highest BCUT2D eigenvalue weighted by Gasteiger charge is 2.13. The van der Waals surface area contributed by atoms with E-state index >= 15 is 0 Å². The van der Waals surface area contributed by atoms with Crippen LogP contribution in [0.3, 0.4) is 0 Å². The van der Waals surface area contributed by atoms with Gasteiger partial charge in [0.15, 0.2) is 12.0 Å². The topological polar surface area (TPSA) is 54.8 Å². The van der Waals surface area contributed by atoms with Gasteiger partial charge in [-0.15, -0.1) is 0 Å². The summed E-state index contributed by atoms with van der Waals surface area (Å²) < 4.78 is 13.3. The summed E-state index contributed by atoms with van der Waals surface area (Å²) in [6.45, 7) is 2.11. The first-order chi connectivity index (χ1) is 10.1. The summed E-state index contributed by atoms with van der Waals surface area (Å²) >= 11 is 5.81. The van der Waals surface area contributed by atoms with Crippen LogP contribution in [-0.2, 0) is 6.42 Å². The van der Waals surface area contributed by atoms with Gasteiger partial charge in [-0.2, -0.15) is 15.0 Å². The quantitative estimate of drug-likeness (QED) is 0.821. The number of anilines is 1. The van der Waals surface area contributed by atoms with E-state index in [1.807, 2.05) is 24.1 Å². The molecular weight excluding hydrogens is 293 g/mol. The number of nitrogens with zero attached hydrogens (tertiary/aromatic N) is 5. The van der Waals surface area contributed by atoms with Crippen molar-refractivity contribution in [2.24, 2.45) is 0 Å². The normalized spacial score (nSPS) is 12.2. The molecule has 2 heterocycles. The third kappa shape index (κ3) is 4.60. The summed E-state index contributed by atoms with van der Waals surface area (Å²) in [6.07, 6.45) is 4.14. The molecule has 0 spiro atoms. The average Bonchev–Trinajstić information content (AvgIpc) is 2.47. The van der Waals surface area contributed by atoms with Crippen LogP contribution in [0.2, 0.25) is 5.28 Å². The number of pyridine rings is 1. The Kier molecular flexibility index (Phi) is 5.38. The van der Waals surface area contributed by atoms with E-state index in [2.05, 4.69) is 19.9 Å². The van der Waals surface area contributed by atoms with Crippen molar-refractivity contribution in [1.29, 1.82) is 0 Å². The van der Waals surface area contributed by atoms with Crippen LogP contribution in [-0.4, -0.2) is 33.5 Å². The van der Waals surface area contributed by atoms with E-state index in [9.17, 15) is 4.39 Å². The second-order valence-corrected chi connectivity index (χ2v) is 5.10. The fourth-order valence-corrected chi connectivity index (χ4v) is 2.04. The van der Waals surface area contributed by atoms with E-state index in [0.717, 1.165) is 19.4 Å². The number of hydrogen-bond acceptors (Lipinski definition) is 5. The molecule has 0 bridgehead atoms. The second kappa shape index (κ2) is 7.26. The van der Waals surface area contributed by atoms with Gasteiger partial charge >= 0.3 is 0 Å². The Balaban J connectivity index is 1.95. The molecule has 0 aliphatic rings. The van der Waals surface area contributed by atoms with E-state index in [-0.39, 0.29) is 11.1 Å². The molecular formula is C14H17ClFN5. The summed E-state index contributed by atoms with van der Waals surface area (Å²) in [5.41, 5.74) is 1.23. The van der Waals surface area contributed by atoms with Crippen molar-refractivity contribution >= 4 is 17.5 Å². The number of aromatic nitrogens is 4. The van der Waals surface area contributed by atoms with Crippen LogP contribution < -0.4 is 4.90 Å². The van der Waals surface area contributed by atoms with Gasteiger partial charge in [-0.25, -0.2) is 4.39 Å². The summed E-state index contributed by atoms with van der Waals surface area (Å²) in [5, 5.41) is 0.0143. The zero-order chi connectivity index (χ0) is 15.2. The van der Waals surface area contributed by atoms with Gasteiger partial charge in [0.05, 0.1) is 0 Å². The van der Waals surface area contributed by atoms with Gasteiger partial charge in [0.25, 0.3) is 0 Å². The molecule has 0 aromatic carbocycles. The molecule has 2 aromatic heterocycles. The van der Waals surface area contributed by atoms with Crippen molar-refractivity contribution in [1.82, 2.24) is 19.9 Å². The summed E-state index contributed by atoms with van der Waals surface area (Å²) in [4.78, 5) is 17.7. The van der Waals surface area contributed by atoms with E-state index in [1.165, 1.54) is 12.5 Å². The van der Waals surface area contributed by atoms with Crippen molar-refractivity contribution < 1.29 is 4.39 Å². The fraction of sp³-hybridized carbons (Fsp3) is 0.429. The molecule has 0 saturated heterocycles. The highest BCUT2D eigenvalue weighted by atomic mass is 35.5. The summed E-state index contributed by atoms with van der Waals surface area (Å²) in [7, 11) is 1.85. The second-order valence-electron chi connectivity index (χ2n) is 4.76. The number of hydrogen-bond donors (Lipinski definition) is 0. The Hall–Kier alpha value is -1.82. The first-order valence-corrected chi connectivity index (χ1v) is 7.09. The molecule has 0 aliphatic carbocycles. The maximum absolute atomic E-state index is 13.3. The van der Waals surface area contributed by atoms with Crippen molar-refractivity contribution in [3.63, 3.8) is 0 Å². The van der Waals surface area contributed by atoms with E-state index < -0.39 is 6.17 Å². The minimum atomic E-state index is -1.27. The SMILES string of the molecule is CC(F)c1nc(Cl)nc(N(C)CCCc2ccncc2)n1. The molecule has 0 N–H and O–H groups in total. The third-order valence-electron chi connectivity index (χ3n) is 3.02. The van der Waals surface area contributed by atoms with Gasteiger partial charge in [-0.05, 0) is 49.1 Å². The maximum Gasteiger partial charge on any atom is 0.229 e. The Morgan fingerprint density at radius 3 is 2.62 bits per heavy atom. The van der Waals surface area contributed by atoms with Crippen molar-refractivity contribution in [2.45, 2.75) is 25.9 Å². The first kappa shape index (κ1) is 15.6. The van der Waals surface area contributed by atoms with E-state index in [1.54, 1.807) is 12.4 Å². The zero-order valence-corrected chi connectivity index (χ0v) is 12.8. The Morgan fingerprint density at radius 1 is 1.24 bits per heavy atom. The molecule has 5 nitrogen and oxygen atoms in total. The van der Waals surface area contributed by atoms with Crippen LogP contribution in [0.25, 0.3) is 0 Å². The van der Waals surface area contributed by atoms with Crippen LogP contribution in [0.5, 0.6) is 0 Å². The summed E-state index contributed by atoms with van der Waals surface area (Å²) in [5.74, 6) is 0.454. The highest BCUT2D eigenvalue weighted by molar-refractivity contribution is 6.28. The van der Waals surface area contributed by atoms with Gasteiger partial charge in [-0.1, -0.05) is 0 Å². The minimum Gasteiger partial charge on any atom is -0.344 e. The molecule has 112 valence electrons. The average molecular weight is 310 g/mol. The molecule has 0 saturated carbocycles. The highest BCUT2D eigenvalue weighted by Crippen LogP contribution is 2.17. The molecule has 0 amide bonds. The lowest BCUT2D eigenvalue weighted by Crippen LogP contribution is -2.22. The molecule has 1 unspecified atom stereocenters. The summed E-state index contributed by atoms with van der Waals surface area (Å²) in [6, 6.07) is 3.98. The molecule has 0 aliphatic heterocycles. The monoisotopic (exact) mass is 309 g/mol. The van der Waals surface area contributed by atoms with Crippen LogP contribution in [0.1, 0.15) is 30.9 Å². The van der Waals surface area contributed by atoms with Crippen molar-refractivity contribution in [3.8, 4) is 0 Å². The van der Waals surface area contributed by atoms with Crippen LogP contribution in [0.4, 0.5) is 10.3 Å². The fourth-order valence-electron chi connectivity index (χ4n) is 1.87. The predicted octanol–water partition coefficient (Wildman–Crippen LogP) is 3.02. The van der Waals surface area contributed by atoms with Crippen molar-refractivity contribution in [3.05, 3.63) is 41.2 Å². The predicted molar refractivity (Wildman–Crippen MR) is 80.2 cm³/mol. The lowest BCUT2D eigenvalue weighted by atomic mass is 10.1. The molecule has 7 heteroatoms. The van der Waals surface area contributed by atoms with Crippen LogP contribution in [0, 0.1) is 0 Å². The molecule has 2 aromatic rings. The Bertz CT molecular complexity index is 579. The van der Waals surface area contributed by atoms with Crippen molar-refractivity contribution in [2.75, 3.05) is 18.5 Å². The molecule has 2 rings (SSSR count). The molecule has 1 atom stereocenters. The molecule has 0 fully saturated rings. The third-order valence-corrected chi connectivity index (χ3v) is 3.19. The lowest BCUT2D eigenvalue weighted by molar-refractivity contribution is 0.355. The van der Waals surface area contributed by atoms with Crippen LogP contribution in [0.15, 0.2) is 24.5 Å². The minimum absolute atomic E-state index is 0.0143. The first-order valence-electron chi connectivity index (χ1n) is 6.72. The Labute approximate surface area is 128 Å². The largest absolute Gasteiger partial charge is 0.344 e. The van der Waals surface area contributed by atoms with Gasteiger partial charge < -0.3 is 4.90 Å². The number of halogens is 2. The number of alkyl halides is 1. The smallest absolute Gasteiger partial charge is 0.229 e.